The van der Waals surface area contributed by atoms with Gasteiger partial charge in [-0.2, -0.15) is 5.10 Å². The molecule has 0 saturated carbocycles. The number of amides is 2. The van der Waals surface area contributed by atoms with Gasteiger partial charge in [-0.1, -0.05) is 30.3 Å². The van der Waals surface area contributed by atoms with Crippen molar-refractivity contribution < 1.29 is 4.79 Å². The summed E-state index contributed by atoms with van der Waals surface area (Å²) in [4.78, 5) is 18.8. The molecule has 2 aromatic heterocycles. The lowest BCUT2D eigenvalue weighted by molar-refractivity contribution is 0.194. The number of carbonyl (C=O) groups is 1. The second-order valence-electron chi connectivity index (χ2n) is 7.22. The molecule has 144 valence electrons. The second-order valence-corrected chi connectivity index (χ2v) is 7.22. The molecule has 1 N–H and O–H groups in total. The van der Waals surface area contributed by atoms with E-state index in [-0.39, 0.29) is 12.1 Å². The number of piperidine rings is 1. The molecule has 3 aromatic rings. The smallest absolute Gasteiger partial charge is 0.323 e. The summed E-state index contributed by atoms with van der Waals surface area (Å²) in [7, 11) is 0. The van der Waals surface area contributed by atoms with Gasteiger partial charge < -0.3 is 4.90 Å². The summed E-state index contributed by atoms with van der Waals surface area (Å²) in [5, 5.41) is 7.46. The first-order chi connectivity index (χ1) is 13.7. The molecule has 1 unspecified atom stereocenters. The van der Waals surface area contributed by atoms with E-state index in [2.05, 4.69) is 46.6 Å². The number of aromatic nitrogens is 3. The number of hydrogen-bond acceptors (Lipinski definition) is 3. The lowest BCUT2D eigenvalue weighted by Crippen LogP contribution is -2.41. The van der Waals surface area contributed by atoms with Gasteiger partial charge in [-0.25, -0.2) is 9.48 Å². The van der Waals surface area contributed by atoms with E-state index in [4.69, 9.17) is 0 Å². The number of hydrogen-bond donors (Lipinski definition) is 1. The quantitative estimate of drug-likeness (QED) is 0.739. The van der Waals surface area contributed by atoms with Gasteiger partial charge in [0.25, 0.3) is 0 Å². The van der Waals surface area contributed by atoms with Gasteiger partial charge in [0.2, 0.25) is 0 Å². The van der Waals surface area contributed by atoms with Crippen LogP contribution in [0.5, 0.6) is 0 Å². The van der Waals surface area contributed by atoms with E-state index >= 15 is 0 Å². The Morgan fingerprint density at radius 1 is 1.04 bits per heavy atom. The monoisotopic (exact) mass is 375 g/mol. The van der Waals surface area contributed by atoms with Crippen LogP contribution in [0.3, 0.4) is 0 Å². The Bertz CT molecular complexity index is 901. The number of likely N-dealkylation sites (tertiary alicyclic amines) is 1. The summed E-state index contributed by atoms with van der Waals surface area (Å²) in [5.74, 6) is 1.22. The Morgan fingerprint density at radius 2 is 1.75 bits per heavy atom. The van der Waals surface area contributed by atoms with Crippen LogP contribution in [0.4, 0.5) is 10.6 Å². The average Bonchev–Trinajstić information content (AvgIpc) is 3.22. The number of nitrogens with zero attached hydrogens (tertiary/aromatic N) is 4. The predicted octanol–water partition coefficient (Wildman–Crippen LogP) is 4.30. The first-order valence-electron chi connectivity index (χ1n) is 9.76. The van der Waals surface area contributed by atoms with Gasteiger partial charge >= 0.3 is 6.03 Å². The van der Waals surface area contributed by atoms with Crippen LogP contribution in [0, 0.1) is 0 Å². The van der Waals surface area contributed by atoms with Gasteiger partial charge in [0.15, 0.2) is 0 Å². The van der Waals surface area contributed by atoms with Crippen LogP contribution in [-0.4, -0.2) is 38.8 Å². The van der Waals surface area contributed by atoms with Gasteiger partial charge in [0.1, 0.15) is 5.82 Å². The van der Waals surface area contributed by atoms with Gasteiger partial charge in [0, 0.05) is 31.5 Å². The van der Waals surface area contributed by atoms with E-state index in [9.17, 15) is 4.79 Å². The normalized spacial score (nSPS) is 16.0. The van der Waals surface area contributed by atoms with Gasteiger partial charge in [0.05, 0.1) is 12.2 Å². The molecule has 0 aliphatic carbocycles. The van der Waals surface area contributed by atoms with Crippen molar-refractivity contribution in [1.82, 2.24) is 19.7 Å². The van der Waals surface area contributed by atoms with E-state index in [1.807, 2.05) is 46.2 Å². The highest BCUT2D eigenvalue weighted by molar-refractivity contribution is 5.88. The van der Waals surface area contributed by atoms with Crippen LogP contribution in [0.25, 0.3) is 0 Å². The van der Waals surface area contributed by atoms with Gasteiger partial charge in [-0.15, -0.1) is 0 Å². The first kappa shape index (κ1) is 18.2. The lowest BCUT2D eigenvalue weighted by Gasteiger charge is -2.32. The maximum atomic E-state index is 12.8. The molecule has 1 aliphatic heterocycles. The molecular formula is C22H25N5O. The molecule has 1 aromatic carbocycles. The molecule has 6 nitrogen and oxygen atoms in total. The third-order valence-corrected chi connectivity index (χ3v) is 5.51. The number of pyridine rings is 1. The summed E-state index contributed by atoms with van der Waals surface area (Å²) in [6.07, 6.45) is 7.34. The third-order valence-electron chi connectivity index (χ3n) is 5.51. The molecule has 0 bridgehead atoms. The number of carbonyl (C=O) groups excluding carboxylic acids is 1. The zero-order chi connectivity index (χ0) is 19.3. The van der Waals surface area contributed by atoms with E-state index < -0.39 is 0 Å². The fraction of sp³-hybridized carbons (Fsp3) is 0.318. The summed E-state index contributed by atoms with van der Waals surface area (Å²) in [6, 6.07) is 16.1. The van der Waals surface area contributed by atoms with Crippen molar-refractivity contribution in [3.63, 3.8) is 0 Å². The van der Waals surface area contributed by atoms with Crippen molar-refractivity contribution in [2.75, 3.05) is 18.4 Å². The second kappa shape index (κ2) is 8.25. The topological polar surface area (TPSA) is 63.1 Å². The fourth-order valence-corrected chi connectivity index (χ4v) is 3.83. The Balaban J connectivity index is 1.38. The van der Waals surface area contributed by atoms with E-state index in [1.54, 1.807) is 6.20 Å². The van der Waals surface area contributed by atoms with Crippen molar-refractivity contribution in [3.05, 3.63) is 78.2 Å². The van der Waals surface area contributed by atoms with Crippen LogP contribution in [-0.2, 0) is 0 Å². The fourth-order valence-electron chi connectivity index (χ4n) is 3.83. The van der Waals surface area contributed by atoms with Crippen LogP contribution in [0.15, 0.2) is 67.1 Å². The Morgan fingerprint density at radius 3 is 2.46 bits per heavy atom. The highest BCUT2D eigenvalue weighted by atomic mass is 16.2. The minimum absolute atomic E-state index is 0.0453. The minimum atomic E-state index is -0.0600. The van der Waals surface area contributed by atoms with E-state index in [0.29, 0.717) is 5.92 Å². The van der Waals surface area contributed by atoms with Crippen molar-refractivity contribution >= 4 is 11.8 Å². The van der Waals surface area contributed by atoms with Crippen LogP contribution >= 0.6 is 0 Å². The zero-order valence-electron chi connectivity index (χ0n) is 16.0. The maximum absolute atomic E-state index is 12.8. The molecule has 2 amide bonds. The van der Waals surface area contributed by atoms with Crippen LogP contribution in [0.1, 0.15) is 42.9 Å². The molecule has 1 fully saturated rings. The maximum Gasteiger partial charge on any atom is 0.323 e. The molecule has 3 heterocycles. The SMILES string of the molecule is CC(c1ccccc1)n1nccc1NC(=O)N1CCC(c2ccncc2)CC1. The van der Waals surface area contributed by atoms with Gasteiger partial charge in [-0.05, 0) is 48.9 Å². The highest BCUT2D eigenvalue weighted by Crippen LogP contribution is 2.28. The van der Waals surface area contributed by atoms with Crippen LogP contribution in [0.2, 0.25) is 0 Å². The average molecular weight is 375 g/mol. The number of rotatable bonds is 4. The predicted molar refractivity (Wildman–Crippen MR) is 109 cm³/mol. The summed E-state index contributed by atoms with van der Waals surface area (Å²) in [6.45, 7) is 3.58. The minimum Gasteiger partial charge on any atom is -0.324 e. The number of anilines is 1. The highest BCUT2D eigenvalue weighted by Gasteiger charge is 2.24. The van der Waals surface area contributed by atoms with E-state index in [0.717, 1.165) is 37.3 Å². The van der Waals surface area contributed by atoms with Gasteiger partial charge in [-0.3, -0.25) is 10.3 Å². The molecule has 1 atom stereocenters. The van der Waals surface area contributed by atoms with Crippen molar-refractivity contribution in [2.24, 2.45) is 0 Å². The Hall–Kier alpha value is -3.15. The van der Waals surface area contributed by atoms with Crippen molar-refractivity contribution in [2.45, 2.75) is 31.7 Å². The summed E-state index contributed by atoms with van der Waals surface area (Å²) < 4.78 is 1.86. The molecule has 0 radical (unpaired) electrons. The van der Waals surface area contributed by atoms with E-state index in [1.165, 1.54) is 5.56 Å². The zero-order valence-corrected chi connectivity index (χ0v) is 16.0. The molecule has 1 aliphatic rings. The molecule has 4 rings (SSSR count). The first-order valence-corrected chi connectivity index (χ1v) is 9.76. The van der Waals surface area contributed by atoms with Crippen molar-refractivity contribution in [1.29, 1.82) is 0 Å². The molecule has 0 spiro atoms. The van der Waals surface area contributed by atoms with Crippen molar-refractivity contribution in [3.8, 4) is 0 Å². The molecule has 1 saturated heterocycles. The van der Waals surface area contributed by atoms with Crippen LogP contribution < -0.4 is 5.32 Å². The molecular weight excluding hydrogens is 350 g/mol. The standard InChI is InChI=1S/C22H25N5O/c1-17(18-5-3-2-4-6-18)27-21(9-14-24-27)25-22(28)26-15-10-20(11-16-26)19-7-12-23-13-8-19/h2-9,12-14,17,20H,10-11,15-16H2,1H3,(H,25,28). The molecule has 28 heavy (non-hydrogen) atoms. The largest absolute Gasteiger partial charge is 0.324 e. The number of benzene rings is 1. The molecule has 6 heteroatoms. The lowest BCUT2D eigenvalue weighted by atomic mass is 9.90. The number of nitrogens with one attached hydrogen (secondary N) is 1. The third kappa shape index (κ3) is 3.91. The summed E-state index contributed by atoms with van der Waals surface area (Å²) >= 11 is 0. The Kier molecular flexibility index (Phi) is 5.37. The Labute approximate surface area is 165 Å². The number of urea groups is 1. The summed E-state index contributed by atoms with van der Waals surface area (Å²) in [5.41, 5.74) is 2.46.